The van der Waals surface area contributed by atoms with E-state index >= 15 is 0 Å². The molecule has 4 aromatic rings. The molecule has 2 N–H and O–H groups in total. The van der Waals surface area contributed by atoms with Crippen LogP contribution in [0.15, 0.2) is 54.7 Å². The summed E-state index contributed by atoms with van der Waals surface area (Å²) in [5, 5.41) is 19.5. The van der Waals surface area contributed by atoms with E-state index in [4.69, 9.17) is 0 Å². The number of nitrogens with zero attached hydrogens (tertiary/aromatic N) is 5. The lowest BCUT2D eigenvalue weighted by atomic mass is 10.2. The summed E-state index contributed by atoms with van der Waals surface area (Å²) in [7, 11) is 0. The zero-order chi connectivity index (χ0) is 20.9. The quantitative estimate of drug-likeness (QED) is 0.446. The Kier molecular flexibility index (Phi) is 5.80. The molecule has 0 spiro atoms. The molecule has 1 aromatic carbocycles. The van der Waals surface area contributed by atoms with Crippen LogP contribution in [0.2, 0.25) is 0 Å². The first-order chi connectivity index (χ1) is 14.6. The van der Waals surface area contributed by atoms with Crippen LogP contribution in [0.3, 0.4) is 0 Å². The van der Waals surface area contributed by atoms with Gasteiger partial charge >= 0.3 is 0 Å². The van der Waals surface area contributed by atoms with E-state index in [1.165, 1.54) is 11.3 Å². The van der Waals surface area contributed by atoms with Crippen molar-refractivity contribution in [1.82, 2.24) is 30.3 Å². The number of benzene rings is 1. The zero-order valence-electron chi connectivity index (χ0n) is 16.7. The smallest absolute Gasteiger partial charge is 0.263 e. The molecule has 152 valence electrons. The number of hydrogen-bond donors (Lipinski definition) is 2. The van der Waals surface area contributed by atoms with Gasteiger partial charge in [-0.3, -0.25) is 4.79 Å². The van der Waals surface area contributed by atoms with Crippen LogP contribution in [-0.4, -0.2) is 44.0 Å². The fourth-order valence-corrected chi connectivity index (χ4v) is 3.83. The molecule has 0 atom stereocenters. The second kappa shape index (κ2) is 8.83. The molecule has 30 heavy (non-hydrogen) atoms. The van der Waals surface area contributed by atoms with Crippen LogP contribution in [0.4, 0.5) is 5.82 Å². The summed E-state index contributed by atoms with van der Waals surface area (Å²) in [6, 6.07) is 15.4. The molecule has 8 nitrogen and oxygen atoms in total. The normalized spacial score (nSPS) is 10.7. The molecule has 0 radical (unpaired) electrons. The molecule has 4 rings (SSSR count). The van der Waals surface area contributed by atoms with Gasteiger partial charge < -0.3 is 10.6 Å². The molecule has 1 amide bonds. The Hall–Kier alpha value is -3.59. The van der Waals surface area contributed by atoms with Crippen molar-refractivity contribution in [2.24, 2.45) is 0 Å². The van der Waals surface area contributed by atoms with Crippen molar-refractivity contribution in [3.05, 3.63) is 71.0 Å². The highest BCUT2D eigenvalue weighted by molar-refractivity contribution is 7.17. The van der Waals surface area contributed by atoms with Gasteiger partial charge in [-0.1, -0.05) is 30.3 Å². The van der Waals surface area contributed by atoms with Gasteiger partial charge in [-0.25, -0.2) is 9.67 Å². The summed E-state index contributed by atoms with van der Waals surface area (Å²) < 4.78 is 1.67. The van der Waals surface area contributed by atoms with Crippen molar-refractivity contribution in [3.8, 4) is 16.4 Å². The van der Waals surface area contributed by atoms with E-state index in [-0.39, 0.29) is 5.91 Å². The summed E-state index contributed by atoms with van der Waals surface area (Å²) in [5.74, 6) is 1.17. The van der Waals surface area contributed by atoms with Gasteiger partial charge in [-0.05, 0) is 32.0 Å². The minimum Gasteiger partial charge on any atom is -0.367 e. The van der Waals surface area contributed by atoms with E-state index in [0.29, 0.717) is 29.6 Å². The second-order valence-electron chi connectivity index (χ2n) is 6.66. The third-order valence-electron chi connectivity index (χ3n) is 4.35. The largest absolute Gasteiger partial charge is 0.367 e. The van der Waals surface area contributed by atoms with Crippen molar-refractivity contribution in [2.45, 2.75) is 13.8 Å². The van der Waals surface area contributed by atoms with E-state index in [1.807, 2.05) is 68.6 Å². The number of thiazole rings is 1. The highest BCUT2D eigenvalue weighted by Gasteiger charge is 2.15. The number of hydrogen-bond acceptors (Lipinski definition) is 7. The molecule has 0 saturated carbocycles. The maximum atomic E-state index is 12.5. The van der Waals surface area contributed by atoms with Gasteiger partial charge in [0.1, 0.15) is 15.7 Å². The molecular formula is C21H21N7OS. The van der Waals surface area contributed by atoms with E-state index in [1.54, 1.807) is 4.68 Å². The van der Waals surface area contributed by atoms with E-state index in [0.717, 1.165) is 22.0 Å². The van der Waals surface area contributed by atoms with Crippen LogP contribution in [0.25, 0.3) is 16.4 Å². The molecule has 0 aliphatic carbocycles. The van der Waals surface area contributed by atoms with E-state index in [2.05, 4.69) is 30.9 Å². The highest BCUT2D eigenvalue weighted by atomic mass is 32.1. The molecular weight excluding hydrogens is 398 g/mol. The molecule has 0 aliphatic rings. The van der Waals surface area contributed by atoms with Crippen LogP contribution in [-0.2, 0) is 0 Å². The molecule has 0 fully saturated rings. The fraction of sp³-hybridized carbons (Fsp3) is 0.190. The summed E-state index contributed by atoms with van der Waals surface area (Å²) in [4.78, 5) is 17.7. The Balaban J connectivity index is 1.28. The molecule has 0 aliphatic heterocycles. The molecule has 9 heteroatoms. The fourth-order valence-electron chi connectivity index (χ4n) is 2.84. The predicted molar refractivity (Wildman–Crippen MR) is 117 cm³/mol. The number of anilines is 1. The van der Waals surface area contributed by atoms with Gasteiger partial charge in [-0.2, -0.15) is 5.10 Å². The Morgan fingerprint density at radius 3 is 2.57 bits per heavy atom. The van der Waals surface area contributed by atoms with Gasteiger partial charge in [0, 0.05) is 24.8 Å². The molecule has 3 aromatic heterocycles. The predicted octanol–water partition coefficient (Wildman–Crippen LogP) is 3.24. The molecule has 0 bridgehead atoms. The standard InChI is InChI=1S/C21H21N7OS/c1-14-10-13-28(27-14)18-9-8-17(25-26-18)22-11-12-23-20(29)19-15(2)24-21(30-19)16-6-4-3-5-7-16/h3-10,13H,11-12H2,1-2H3,(H,22,25)(H,23,29). The Morgan fingerprint density at radius 1 is 1.03 bits per heavy atom. The van der Waals surface area contributed by atoms with Crippen molar-refractivity contribution in [3.63, 3.8) is 0 Å². The summed E-state index contributed by atoms with van der Waals surface area (Å²) in [6.07, 6.45) is 1.84. The molecule has 3 heterocycles. The molecule has 0 unspecified atom stereocenters. The lowest BCUT2D eigenvalue weighted by Gasteiger charge is -2.07. The second-order valence-corrected chi connectivity index (χ2v) is 7.66. The number of aryl methyl sites for hydroxylation is 2. The summed E-state index contributed by atoms with van der Waals surface area (Å²) in [5.41, 5.74) is 2.67. The lowest BCUT2D eigenvalue weighted by Crippen LogP contribution is -2.28. The van der Waals surface area contributed by atoms with Crippen molar-refractivity contribution in [1.29, 1.82) is 0 Å². The number of aromatic nitrogens is 5. The first kappa shape index (κ1) is 19.7. The Bertz CT molecular complexity index is 1140. The number of carbonyl (C=O) groups excluding carboxylic acids is 1. The summed E-state index contributed by atoms with van der Waals surface area (Å²) >= 11 is 1.40. The van der Waals surface area contributed by atoms with Crippen molar-refractivity contribution >= 4 is 23.1 Å². The van der Waals surface area contributed by atoms with Crippen LogP contribution in [0, 0.1) is 13.8 Å². The Labute approximate surface area is 178 Å². The van der Waals surface area contributed by atoms with Crippen LogP contribution < -0.4 is 10.6 Å². The number of carbonyl (C=O) groups is 1. The lowest BCUT2D eigenvalue weighted by molar-refractivity contribution is 0.0958. The maximum absolute atomic E-state index is 12.5. The minimum atomic E-state index is -0.121. The monoisotopic (exact) mass is 419 g/mol. The number of nitrogens with one attached hydrogen (secondary N) is 2. The molecule has 0 saturated heterocycles. The first-order valence-electron chi connectivity index (χ1n) is 9.51. The third-order valence-corrected chi connectivity index (χ3v) is 5.55. The van der Waals surface area contributed by atoms with Crippen LogP contribution >= 0.6 is 11.3 Å². The third kappa shape index (κ3) is 4.52. The van der Waals surface area contributed by atoms with Gasteiger partial charge in [0.25, 0.3) is 5.91 Å². The highest BCUT2D eigenvalue weighted by Crippen LogP contribution is 2.27. The van der Waals surface area contributed by atoms with Gasteiger partial charge in [0.15, 0.2) is 5.82 Å². The van der Waals surface area contributed by atoms with Gasteiger partial charge in [0.05, 0.1) is 11.4 Å². The average molecular weight is 420 g/mol. The van der Waals surface area contributed by atoms with Crippen LogP contribution in [0.1, 0.15) is 21.1 Å². The summed E-state index contributed by atoms with van der Waals surface area (Å²) in [6.45, 7) is 4.77. The minimum absolute atomic E-state index is 0.121. The Morgan fingerprint density at radius 2 is 1.87 bits per heavy atom. The maximum Gasteiger partial charge on any atom is 0.263 e. The average Bonchev–Trinajstić information content (AvgIpc) is 3.38. The van der Waals surface area contributed by atoms with Crippen molar-refractivity contribution < 1.29 is 4.79 Å². The van der Waals surface area contributed by atoms with Crippen molar-refractivity contribution in [2.75, 3.05) is 18.4 Å². The number of amides is 1. The SMILES string of the molecule is Cc1ccn(-c2ccc(NCCNC(=O)c3sc(-c4ccccc4)nc3C)nn2)n1. The van der Waals surface area contributed by atoms with E-state index in [9.17, 15) is 4.79 Å². The van der Waals surface area contributed by atoms with Crippen LogP contribution in [0.5, 0.6) is 0 Å². The number of rotatable bonds is 7. The van der Waals surface area contributed by atoms with Gasteiger partial charge in [0.2, 0.25) is 0 Å². The first-order valence-corrected chi connectivity index (χ1v) is 10.3. The van der Waals surface area contributed by atoms with E-state index < -0.39 is 0 Å². The zero-order valence-corrected chi connectivity index (χ0v) is 17.5. The van der Waals surface area contributed by atoms with Gasteiger partial charge in [-0.15, -0.1) is 21.5 Å². The topological polar surface area (TPSA) is 97.6 Å².